The number of halogens is 2. The SMILES string of the molecule is COC(C)=O.Cl.Cl.O=P. The second-order valence-corrected chi connectivity index (χ2v) is 0.696. The van der Waals surface area contributed by atoms with Gasteiger partial charge in [0.05, 0.1) is 7.11 Å². The van der Waals surface area contributed by atoms with E-state index in [1.807, 2.05) is 0 Å². The highest BCUT2D eigenvalue weighted by atomic mass is 35.5. The summed E-state index contributed by atoms with van der Waals surface area (Å²) in [7, 11) is 3.07. The van der Waals surface area contributed by atoms with Crippen LogP contribution in [0.2, 0.25) is 0 Å². The Balaban J connectivity index is -0.0000000286. The normalized spacial score (nSPS) is 4.22. The minimum Gasteiger partial charge on any atom is -0.469 e. The molecule has 0 aromatic heterocycles. The van der Waals surface area contributed by atoms with Gasteiger partial charge in [0.15, 0.2) is 0 Å². The summed E-state index contributed by atoms with van der Waals surface area (Å²) in [5.41, 5.74) is 0. The number of ether oxygens (including phenoxy) is 1. The van der Waals surface area contributed by atoms with Crippen molar-refractivity contribution in [3.05, 3.63) is 0 Å². The molecule has 0 aliphatic heterocycles. The van der Waals surface area contributed by atoms with E-state index in [9.17, 15) is 4.79 Å². The third kappa shape index (κ3) is 66.7. The van der Waals surface area contributed by atoms with Gasteiger partial charge in [-0.05, 0) is 0 Å². The summed E-state index contributed by atoms with van der Waals surface area (Å²) in [6.07, 6.45) is 0. The predicted molar refractivity (Wildman–Crippen MR) is 41.2 cm³/mol. The van der Waals surface area contributed by atoms with Crippen LogP contribution in [0, 0.1) is 0 Å². The summed E-state index contributed by atoms with van der Waals surface area (Å²) in [5, 5.41) is 0. The number of esters is 1. The number of carbonyl (C=O) groups excluding carboxylic acids is 1. The van der Waals surface area contributed by atoms with Gasteiger partial charge in [0.25, 0.3) is 0 Å². The lowest BCUT2D eigenvalue weighted by Gasteiger charge is -1.80. The van der Waals surface area contributed by atoms with E-state index in [0.717, 1.165) is 0 Å². The van der Waals surface area contributed by atoms with Crippen LogP contribution in [0.3, 0.4) is 0 Å². The number of rotatable bonds is 0. The minimum atomic E-state index is -0.245. The molecule has 0 spiro atoms. The van der Waals surface area contributed by atoms with Crippen LogP contribution in [0.25, 0.3) is 0 Å². The van der Waals surface area contributed by atoms with Crippen molar-refractivity contribution in [1.82, 2.24) is 0 Å². The summed E-state index contributed by atoms with van der Waals surface area (Å²) in [6.45, 7) is 1.36. The van der Waals surface area contributed by atoms with Crippen molar-refractivity contribution in [3.63, 3.8) is 0 Å². The maximum absolute atomic E-state index is 9.59. The summed E-state index contributed by atoms with van der Waals surface area (Å²) in [4.78, 5) is 9.59. The van der Waals surface area contributed by atoms with Gasteiger partial charge in [-0.25, -0.2) is 0 Å². The first-order valence-electron chi connectivity index (χ1n) is 1.52. The van der Waals surface area contributed by atoms with Crippen LogP contribution in [-0.4, -0.2) is 13.1 Å². The fourth-order valence-electron chi connectivity index (χ4n) is 0. The number of hydrogen-bond acceptors (Lipinski definition) is 3. The van der Waals surface area contributed by atoms with Gasteiger partial charge in [0.2, 0.25) is 0 Å². The Hall–Kier alpha value is 0.150. The Morgan fingerprint density at radius 1 is 1.33 bits per heavy atom. The first-order chi connectivity index (χ1) is 3.27. The third-order valence-corrected chi connectivity index (χ3v) is 0.287. The third-order valence-electron chi connectivity index (χ3n) is 0.287. The maximum Gasteiger partial charge on any atom is 0.302 e. The van der Waals surface area contributed by atoms with Crippen molar-refractivity contribution < 1.29 is 14.1 Å². The van der Waals surface area contributed by atoms with E-state index in [1.165, 1.54) is 14.0 Å². The van der Waals surface area contributed by atoms with E-state index >= 15 is 0 Å². The van der Waals surface area contributed by atoms with E-state index in [2.05, 4.69) is 4.74 Å². The molecule has 0 heterocycles. The first kappa shape index (κ1) is 22.9. The van der Waals surface area contributed by atoms with Crippen molar-refractivity contribution in [2.45, 2.75) is 6.92 Å². The summed E-state index contributed by atoms with van der Waals surface area (Å²) >= 11 is 0. The molecule has 0 N–H and O–H groups in total. The highest BCUT2D eigenvalue weighted by Gasteiger charge is 1.75. The van der Waals surface area contributed by atoms with Crippen LogP contribution < -0.4 is 0 Å². The Kier molecular flexibility index (Phi) is 61.6. The van der Waals surface area contributed by atoms with E-state index < -0.39 is 0 Å². The van der Waals surface area contributed by atoms with Crippen molar-refractivity contribution >= 4 is 39.9 Å². The highest BCUT2D eigenvalue weighted by Crippen LogP contribution is 1.60. The molecule has 3 nitrogen and oxygen atoms in total. The van der Waals surface area contributed by atoms with Gasteiger partial charge in [0.1, 0.15) is 9.12 Å². The molecule has 9 heavy (non-hydrogen) atoms. The molecular formula is C3H9Cl2O3P. The molecule has 0 unspecified atom stereocenters. The Morgan fingerprint density at radius 2 is 1.44 bits per heavy atom. The lowest BCUT2D eigenvalue weighted by molar-refractivity contribution is -0.137. The molecule has 0 radical (unpaired) electrons. The van der Waals surface area contributed by atoms with Crippen LogP contribution >= 0.6 is 33.9 Å². The fourth-order valence-corrected chi connectivity index (χ4v) is 0. The summed E-state index contributed by atoms with van der Waals surface area (Å²) in [6, 6.07) is 0. The Morgan fingerprint density at radius 3 is 1.44 bits per heavy atom. The van der Waals surface area contributed by atoms with Crippen molar-refractivity contribution in [3.8, 4) is 0 Å². The van der Waals surface area contributed by atoms with Gasteiger partial charge < -0.3 is 4.74 Å². The van der Waals surface area contributed by atoms with Gasteiger partial charge in [-0.2, -0.15) is 0 Å². The van der Waals surface area contributed by atoms with Crippen molar-refractivity contribution in [2.24, 2.45) is 0 Å². The van der Waals surface area contributed by atoms with Gasteiger partial charge in [-0.1, -0.05) is 0 Å². The van der Waals surface area contributed by atoms with Gasteiger partial charge in [-0.3, -0.25) is 9.36 Å². The second-order valence-electron chi connectivity index (χ2n) is 0.696. The van der Waals surface area contributed by atoms with Crippen LogP contribution in [0.15, 0.2) is 0 Å². The van der Waals surface area contributed by atoms with Gasteiger partial charge in [-0.15, -0.1) is 24.8 Å². The van der Waals surface area contributed by atoms with Crippen LogP contribution in [0.5, 0.6) is 0 Å². The maximum atomic E-state index is 9.59. The number of hydrogen-bond donors (Lipinski definition) is 0. The molecule has 0 fully saturated rings. The van der Waals surface area contributed by atoms with Crippen LogP contribution in [0.4, 0.5) is 0 Å². The fraction of sp³-hybridized carbons (Fsp3) is 0.667. The quantitative estimate of drug-likeness (QED) is 0.434. The molecule has 6 heteroatoms. The zero-order valence-electron chi connectivity index (χ0n) is 5.04. The van der Waals surface area contributed by atoms with Crippen molar-refractivity contribution in [1.29, 1.82) is 0 Å². The number of carbonyl (C=O) groups is 1. The lowest BCUT2D eigenvalue weighted by atomic mass is 10.8. The average molecular weight is 195 g/mol. The highest BCUT2D eigenvalue weighted by molar-refractivity contribution is 7.00. The molecule has 0 aliphatic rings. The standard InChI is InChI=1S/C3H6O2.2ClH.HOP/c1-3(4)5-2;;;1-2/h1-2H3;2*1H;2H. The molecule has 0 bridgehead atoms. The van der Waals surface area contributed by atoms with Crippen molar-refractivity contribution in [2.75, 3.05) is 7.11 Å². The van der Waals surface area contributed by atoms with E-state index in [4.69, 9.17) is 4.57 Å². The lowest BCUT2D eigenvalue weighted by Crippen LogP contribution is -1.88. The molecule has 0 saturated heterocycles. The van der Waals surface area contributed by atoms with E-state index in [0.29, 0.717) is 0 Å². The number of methoxy groups -OCH3 is 1. The Labute approximate surface area is 68.6 Å². The van der Waals surface area contributed by atoms with Gasteiger partial charge >= 0.3 is 5.97 Å². The smallest absolute Gasteiger partial charge is 0.302 e. The molecule has 0 aromatic carbocycles. The predicted octanol–water partition coefficient (Wildman–Crippen LogP) is 1.50. The largest absolute Gasteiger partial charge is 0.469 e. The van der Waals surface area contributed by atoms with Crippen LogP contribution in [0.1, 0.15) is 6.92 Å². The van der Waals surface area contributed by atoms with Crippen LogP contribution in [-0.2, 0) is 14.1 Å². The second kappa shape index (κ2) is 24.2. The topological polar surface area (TPSA) is 43.4 Å². The molecular weight excluding hydrogens is 186 g/mol. The monoisotopic (exact) mass is 194 g/mol. The summed E-state index contributed by atoms with van der Waals surface area (Å²) < 4.78 is 12.2. The molecule has 58 valence electrons. The van der Waals surface area contributed by atoms with Gasteiger partial charge in [0, 0.05) is 6.92 Å². The first-order valence-corrected chi connectivity index (χ1v) is 1.93. The minimum absolute atomic E-state index is 0. The zero-order chi connectivity index (χ0) is 6.28. The molecule has 0 aliphatic carbocycles. The summed E-state index contributed by atoms with van der Waals surface area (Å²) in [5.74, 6) is -0.245. The molecule has 0 amide bonds. The Bertz CT molecular complexity index is 61.0. The molecule has 0 saturated carbocycles. The average Bonchev–Trinajstić information content (AvgIpc) is 1.73. The van der Waals surface area contributed by atoms with E-state index in [1.54, 1.807) is 9.12 Å². The van der Waals surface area contributed by atoms with E-state index in [-0.39, 0.29) is 30.8 Å². The zero-order valence-corrected chi connectivity index (χ0v) is 7.67. The molecule has 0 atom stereocenters. The molecule has 0 rings (SSSR count). The molecule has 0 aromatic rings.